The lowest BCUT2D eigenvalue weighted by Crippen LogP contribution is -2.61. The van der Waals surface area contributed by atoms with Crippen LogP contribution in [0.5, 0.6) is 0 Å². The van der Waals surface area contributed by atoms with Crippen molar-refractivity contribution in [1.82, 2.24) is 14.7 Å². The molecule has 3 aliphatic heterocycles. The van der Waals surface area contributed by atoms with Crippen molar-refractivity contribution in [2.45, 2.75) is 122 Å². The maximum atomic E-state index is 14.3. The van der Waals surface area contributed by atoms with Crippen LogP contribution >= 0.6 is 11.6 Å². The van der Waals surface area contributed by atoms with E-state index in [2.05, 4.69) is 35.9 Å². The second kappa shape index (κ2) is 15.9. The number of hydrogen-bond acceptors (Lipinski definition) is 10. The van der Waals surface area contributed by atoms with E-state index in [9.17, 15) is 14.7 Å². The van der Waals surface area contributed by atoms with Gasteiger partial charge in [0.25, 0.3) is 0 Å². The van der Waals surface area contributed by atoms with Gasteiger partial charge in [0.2, 0.25) is 0 Å². The molecule has 278 valence electrons. The van der Waals surface area contributed by atoms with E-state index in [1.165, 1.54) is 5.56 Å². The van der Waals surface area contributed by atoms with Crippen LogP contribution in [0.1, 0.15) is 79.2 Å². The number of aliphatic hydroxyl groups excluding tert-OH is 1. The summed E-state index contributed by atoms with van der Waals surface area (Å²) in [7, 11) is 7.59. The summed E-state index contributed by atoms with van der Waals surface area (Å²) in [5.74, 6) is -0.199. The highest BCUT2D eigenvalue weighted by atomic mass is 35.5. The Labute approximate surface area is 299 Å². The summed E-state index contributed by atoms with van der Waals surface area (Å²) >= 11 is 6.11. The Kier molecular flexibility index (Phi) is 13.1. The van der Waals surface area contributed by atoms with Crippen LogP contribution in [0.3, 0.4) is 0 Å². The number of nitrogens with zero attached hydrogens (tertiary/aromatic N) is 3. The monoisotopic (exact) mass is 707 g/mol. The maximum absolute atomic E-state index is 14.3. The number of rotatable bonds is 7. The maximum Gasteiger partial charge on any atom is 0.312 e. The first-order valence-corrected chi connectivity index (χ1v) is 18.3. The van der Waals surface area contributed by atoms with Gasteiger partial charge in [-0.3, -0.25) is 9.69 Å². The minimum absolute atomic E-state index is 0.133. The number of esters is 1. The Bertz CT molecular complexity index is 1260. The lowest BCUT2D eigenvalue weighted by atomic mass is 9.66. The van der Waals surface area contributed by atoms with Crippen LogP contribution < -0.4 is 0 Å². The summed E-state index contributed by atoms with van der Waals surface area (Å²) in [6.45, 7) is 15.4. The van der Waals surface area contributed by atoms with Crippen LogP contribution in [0.25, 0.3) is 0 Å². The highest BCUT2D eigenvalue weighted by Gasteiger charge is 2.55. The number of aliphatic hydroxyl groups is 1. The first-order valence-electron chi connectivity index (χ1n) is 17.9. The second-order valence-corrected chi connectivity index (χ2v) is 17.2. The molecule has 0 radical (unpaired) electrons. The standard InChI is InChI=1S/C38H62ClN3O7/c1-26-20-37(6,46-10)33(48-32-31(44)30(40(7)8)19-27(2)47-32)36(5,25-43)23-35(3,4)34(45)49-38(24-41(9)21-26)15-17-42(18-16-38)22-28-11-13-29(39)14-12-28/h11-14,25-27,30-33,44H,15-24H2,1-10H3/t26-,27-,30+,31-,32+,33-,36-,37-/m1/s1. The first-order chi connectivity index (χ1) is 22.8. The van der Waals surface area contributed by atoms with Gasteiger partial charge < -0.3 is 38.6 Å². The summed E-state index contributed by atoms with van der Waals surface area (Å²) in [5.41, 5.74) is -2.65. The molecule has 0 unspecified atom stereocenters. The van der Waals surface area contributed by atoms with Crippen LogP contribution in [0.2, 0.25) is 5.02 Å². The Hall–Kier alpha value is -1.63. The Morgan fingerprint density at radius 1 is 1.10 bits per heavy atom. The van der Waals surface area contributed by atoms with E-state index < -0.39 is 40.5 Å². The van der Waals surface area contributed by atoms with Gasteiger partial charge in [0.15, 0.2) is 6.29 Å². The van der Waals surface area contributed by atoms with E-state index in [1.54, 1.807) is 7.11 Å². The number of likely N-dealkylation sites (tertiary alicyclic amines) is 1. The molecule has 3 fully saturated rings. The molecule has 0 aliphatic carbocycles. The van der Waals surface area contributed by atoms with Crippen LogP contribution in [-0.2, 0) is 35.1 Å². The molecule has 0 aromatic heterocycles. The van der Waals surface area contributed by atoms with Crippen LogP contribution in [0.15, 0.2) is 24.3 Å². The smallest absolute Gasteiger partial charge is 0.312 e. The molecule has 0 bridgehead atoms. The fraction of sp³-hybridized carbons (Fsp3) is 0.789. The van der Waals surface area contributed by atoms with Crippen molar-refractivity contribution in [2.24, 2.45) is 16.7 Å². The third kappa shape index (κ3) is 9.63. The predicted octanol–water partition coefficient (Wildman–Crippen LogP) is 5.03. The van der Waals surface area contributed by atoms with E-state index in [1.807, 2.05) is 65.7 Å². The predicted molar refractivity (Wildman–Crippen MR) is 191 cm³/mol. The first kappa shape index (κ1) is 40.1. The van der Waals surface area contributed by atoms with Crippen molar-refractivity contribution in [3.8, 4) is 0 Å². The zero-order valence-electron chi connectivity index (χ0n) is 31.5. The Balaban J connectivity index is 1.65. The van der Waals surface area contributed by atoms with E-state index in [4.69, 9.17) is 30.5 Å². The van der Waals surface area contributed by atoms with Gasteiger partial charge in [0.1, 0.15) is 24.1 Å². The quantitative estimate of drug-likeness (QED) is 0.307. The van der Waals surface area contributed by atoms with Crippen LogP contribution in [0.4, 0.5) is 0 Å². The average Bonchev–Trinajstić information content (AvgIpc) is 3.02. The molecule has 3 aliphatic rings. The summed E-state index contributed by atoms with van der Waals surface area (Å²) in [5, 5.41) is 12.2. The van der Waals surface area contributed by atoms with Crippen molar-refractivity contribution in [3.63, 3.8) is 0 Å². The molecule has 3 heterocycles. The van der Waals surface area contributed by atoms with Crippen molar-refractivity contribution in [3.05, 3.63) is 34.9 Å². The zero-order chi connectivity index (χ0) is 36.4. The van der Waals surface area contributed by atoms with Gasteiger partial charge in [-0.25, -0.2) is 0 Å². The van der Waals surface area contributed by atoms with E-state index in [-0.39, 0.29) is 30.5 Å². The molecule has 1 aromatic carbocycles. The minimum atomic E-state index is -1.19. The highest BCUT2D eigenvalue weighted by Crippen LogP contribution is 2.46. The molecule has 0 saturated carbocycles. The van der Waals surface area contributed by atoms with Gasteiger partial charge in [-0.2, -0.15) is 0 Å². The molecular formula is C38H62ClN3O7. The number of benzene rings is 1. The molecule has 10 nitrogen and oxygen atoms in total. The number of methoxy groups -OCH3 is 1. The Morgan fingerprint density at radius 2 is 1.73 bits per heavy atom. The number of ether oxygens (including phenoxy) is 4. The molecule has 4 rings (SSSR count). The van der Waals surface area contributed by atoms with E-state index in [0.29, 0.717) is 32.2 Å². The number of piperidine rings is 1. The SMILES string of the molecule is CO[C@]1(C)C[C@@H](C)CN(C)CC2(CCN(Cc3ccc(Cl)cc3)CC2)OC(=O)C(C)(C)C[C@](C)(C=O)[C@H]1O[C@@H]1O[C@H](C)C[C@H](N(C)C)[C@H]1O. The molecule has 3 saturated heterocycles. The summed E-state index contributed by atoms with van der Waals surface area (Å²) in [6, 6.07) is 7.76. The van der Waals surface area contributed by atoms with Gasteiger partial charge in [0.05, 0.1) is 22.5 Å². The molecule has 1 spiro atoms. The number of carbonyl (C=O) groups is 2. The normalized spacial score (nSPS) is 36.8. The van der Waals surface area contributed by atoms with Gasteiger partial charge in [-0.05, 0) is 91.7 Å². The van der Waals surface area contributed by atoms with E-state index in [0.717, 1.165) is 37.5 Å². The fourth-order valence-corrected chi connectivity index (χ4v) is 8.87. The summed E-state index contributed by atoms with van der Waals surface area (Å²) < 4.78 is 25.9. The molecule has 49 heavy (non-hydrogen) atoms. The van der Waals surface area contributed by atoms with E-state index >= 15 is 0 Å². The summed E-state index contributed by atoms with van der Waals surface area (Å²) in [6.07, 6.45) is 0.742. The van der Waals surface area contributed by atoms with Crippen LogP contribution in [-0.4, -0.2) is 128 Å². The number of aldehydes is 1. The van der Waals surface area contributed by atoms with Crippen molar-refractivity contribution in [1.29, 1.82) is 0 Å². The highest BCUT2D eigenvalue weighted by molar-refractivity contribution is 6.30. The number of likely N-dealkylation sites (N-methyl/N-ethyl adjacent to an activating group) is 2. The molecule has 8 atom stereocenters. The van der Waals surface area contributed by atoms with Gasteiger partial charge in [-0.15, -0.1) is 0 Å². The molecule has 0 amide bonds. The number of halogens is 1. The van der Waals surface area contributed by atoms with Crippen molar-refractivity contribution < 1.29 is 33.6 Å². The summed E-state index contributed by atoms with van der Waals surface area (Å²) in [4.78, 5) is 34.3. The zero-order valence-corrected chi connectivity index (χ0v) is 32.3. The lowest BCUT2D eigenvalue weighted by Gasteiger charge is -2.50. The largest absolute Gasteiger partial charge is 0.457 e. The Morgan fingerprint density at radius 3 is 2.31 bits per heavy atom. The molecule has 1 N–H and O–H groups in total. The molecule has 1 aromatic rings. The second-order valence-electron chi connectivity index (χ2n) is 16.8. The third-order valence-corrected chi connectivity index (χ3v) is 11.4. The minimum Gasteiger partial charge on any atom is -0.457 e. The topological polar surface area (TPSA) is 101 Å². The number of carbonyl (C=O) groups excluding carboxylic acids is 2. The molecule has 11 heteroatoms. The fourth-order valence-electron chi connectivity index (χ4n) is 8.74. The van der Waals surface area contributed by atoms with Crippen LogP contribution in [0, 0.1) is 16.7 Å². The third-order valence-electron chi connectivity index (χ3n) is 11.1. The van der Waals surface area contributed by atoms with Gasteiger partial charge in [-0.1, -0.05) is 37.6 Å². The van der Waals surface area contributed by atoms with Crippen molar-refractivity contribution >= 4 is 23.9 Å². The van der Waals surface area contributed by atoms with Gasteiger partial charge in [0, 0.05) is 63.7 Å². The average molecular weight is 708 g/mol. The van der Waals surface area contributed by atoms with Crippen molar-refractivity contribution in [2.75, 3.05) is 54.4 Å². The van der Waals surface area contributed by atoms with Gasteiger partial charge >= 0.3 is 5.97 Å². The lowest BCUT2D eigenvalue weighted by molar-refractivity contribution is -0.304. The number of hydrogen-bond donors (Lipinski definition) is 1. The molecular weight excluding hydrogens is 646 g/mol.